The van der Waals surface area contributed by atoms with Gasteiger partial charge in [-0.3, -0.25) is 9.10 Å². The highest BCUT2D eigenvalue weighted by molar-refractivity contribution is 7.93. The van der Waals surface area contributed by atoms with E-state index in [1.807, 2.05) is 6.92 Å². The van der Waals surface area contributed by atoms with Crippen LogP contribution in [-0.2, 0) is 10.0 Å². The zero-order chi connectivity index (χ0) is 18.4. The number of anilines is 1. The number of nitrogens with zero attached hydrogens (tertiary/aromatic N) is 1. The van der Waals surface area contributed by atoms with Crippen LogP contribution in [0.4, 0.5) is 5.69 Å². The molecule has 1 amide bonds. The molecule has 0 spiro atoms. The van der Waals surface area contributed by atoms with Crippen LogP contribution >= 0.6 is 11.3 Å². The Morgan fingerprint density at radius 2 is 2.00 bits per heavy atom. The molecule has 0 saturated carbocycles. The Morgan fingerprint density at radius 3 is 2.60 bits per heavy atom. The van der Waals surface area contributed by atoms with E-state index in [4.69, 9.17) is 4.74 Å². The number of hydrogen-bond acceptors (Lipinski definition) is 5. The fraction of sp³-hybridized carbons (Fsp3) is 0.235. The predicted molar refractivity (Wildman–Crippen MR) is 100 cm³/mol. The lowest BCUT2D eigenvalue weighted by molar-refractivity contribution is 0.0959. The first-order chi connectivity index (χ1) is 11.9. The largest absolute Gasteiger partial charge is 0.494 e. The standard InChI is InChI=1S/C17H20N2O4S2/c1-4-11-18-17(20)16-15(10-12-24-16)25(21,22)19(3)13-6-8-14(9-7-13)23-5-2/h4,6-10,12H,1,5,11H2,2-3H3,(H,18,20). The van der Waals surface area contributed by atoms with E-state index in [0.29, 0.717) is 18.0 Å². The van der Waals surface area contributed by atoms with Gasteiger partial charge in [0.2, 0.25) is 0 Å². The Labute approximate surface area is 151 Å². The summed E-state index contributed by atoms with van der Waals surface area (Å²) in [4.78, 5) is 12.3. The zero-order valence-electron chi connectivity index (χ0n) is 14.1. The van der Waals surface area contributed by atoms with E-state index in [1.54, 1.807) is 29.6 Å². The number of thiophene rings is 1. The predicted octanol–water partition coefficient (Wildman–Crippen LogP) is 2.89. The first-order valence-electron chi connectivity index (χ1n) is 7.60. The van der Waals surface area contributed by atoms with Crippen LogP contribution in [0.15, 0.2) is 53.3 Å². The smallest absolute Gasteiger partial charge is 0.265 e. The maximum Gasteiger partial charge on any atom is 0.265 e. The molecule has 0 saturated heterocycles. The summed E-state index contributed by atoms with van der Waals surface area (Å²) in [5.74, 6) is 0.227. The minimum atomic E-state index is -3.86. The summed E-state index contributed by atoms with van der Waals surface area (Å²) in [6.07, 6.45) is 1.53. The molecule has 2 aromatic rings. The van der Waals surface area contributed by atoms with Crippen LogP contribution in [0.2, 0.25) is 0 Å². The third kappa shape index (κ3) is 4.21. The van der Waals surface area contributed by atoms with Crippen molar-refractivity contribution < 1.29 is 17.9 Å². The molecule has 2 rings (SSSR count). The normalized spacial score (nSPS) is 11.0. The van der Waals surface area contributed by atoms with Crippen molar-refractivity contribution in [2.24, 2.45) is 0 Å². The number of sulfonamides is 1. The number of hydrogen-bond donors (Lipinski definition) is 1. The van der Waals surface area contributed by atoms with Gasteiger partial charge in [-0.1, -0.05) is 6.08 Å². The Kier molecular flexibility index (Phi) is 6.22. The van der Waals surface area contributed by atoms with E-state index in [9.17, 15) is 13.2 Å². The maximum atomic E-state index is 12.9. The molecule has 6 nitrogen and oxygen atoms in total. The zero-order valence-corrected chi connectivity index (χ0v) is 15.7. The van der Waals surface area contributed by atoms with Crippen molar-refractivity contribution in [1.29, 1.82) is 0 Å². The molecule has 0 unspecified atom stereocenters. The fourth-order valence-electron chi connectivity index (χ4n) is 2.12. The molecule has 1 aromatic heterocycles. The Hall–Kier alpha value is -2.32. The molecular formula is C17H20N2O4S2. The average Bonchev–Trinajstić information content (AvgIpc) is 3.10. The van der Waals surface area contributed by atoms with Gasteiger partial charge in [0, 0.05) is 13.6 Å². The number of ether oxygens (including phenoxy) is 1. The van der Waals surface area contributed by atoms with E-state index in [2.05, 4.69) is 11.9 Å². The molecule has 0 radical (unpaired) electrons. The van der Waals surface area contributed by atoms with Crippen LogP contribution in [0.3, 0.4) is 0 Å². The second-order valence-electron chi connectivity index (χ2n) is 5.01. The van der Waals surface area contributed by atoms with E-state index in [-0.39, 0.29) is 16.3 Å². The molecule has 0 aliphatic rings. The Balaban J connectivity index is 2.30. The third-order valence-corrected chi connectivity index (χ3v) is 6.26. The molecule has 8 heteroatoms. The lowest BCUT2D eigenvalue weighted by atomic mass is 10.3. The average molecular weight is 380 g/mol. The molecular weight excluding hydrogens is 360 g/mol. The molecule has 1 N–H and O–H groups in total. The van der Waals surface area contributed by atoms with Crippen molar-refractivity contribution in [1.82, 2.24) is 5.32 Å². The second kappa shape index (κ2) is 8.17. The van der Waals surface area contributed by atoms with Crippen LogP contribution in [0.25, 0.3) is 0 Å². The van der Waals surface area contributed by atoms with Crippen LogP contribution in [0, 0.1) is 0 Å². The van der Waals surface area contributed by atoms with Gasteiger partial charge in [0.25, 0.3) is 15.9 Å². The van der Waals surface area contributed by atoms with Gasteiger partial charge in [0.05, 0.1) is 12.3 Å². The molecule has 1 heterocycles. The van der Waals surface area contributed by atoms with Gasteiger partial charge < -0.3 is 10.1 Å². The molecule has 0 fully saturated rings. The van der Waals surface area contributed by atoms with E-state index < -0.39 is 15.9 Å². The first kappa shape index (κ1) is 19.0. The van der Waals surface area contributed by atoms with Gasteiger partial charge in [-0.25, -0.2) is 8.42 Å². The Morgan fingerprint density at radius 1 is 1.32 bits per heavy atom. The van der Waals surface area contributed by atoms with E-state index in [1.165, 1.54) is 19.2 Å². The number of carbonyl (C=O) groups is 1. The van der Waals surface area contributed by atoms with Gasteiger partial charge in [0.15, 0.2) is 0 Å². The minimum Gasteiger partial charge on any atom is -0.494 e. The van der Waals surface area contributed by atoms with Crippen LogP contribution in [-0.4, -0.2) is 34.5 Å². The van der Waals surface area contributed by atoms with E-state index >= 15 is 0 Å². The van der Waals surface area contributed by atoms with Gasteiger partial charge >= 0.3 is 0 Å². The molecule has 1 aromatic carbocycles. The minimum absolute atomic E-state index is 0.0181. The van der Waals surface area contributed by atoms with Crippen molar-refractivity contribution in [3.63, 3.8) is 0 Å². The van der Waals surface area contributed by atoms with Crippen LogP contribution < -0.4 is 14.4 Å². The third-order valence-electron chi connectivity index (χ3n) is 3.39. The number of benzene rings is 1. The Bertz CT molecular complexity index is 842. The number of rotatable bonds is 8. The quantitative estimate of drug-likeness (QED) is 0.715. The number of amides is 1. The van der Waals surface area contributed by atoms with Crippen molar-refractivity contribution in [3.05, 3.63) is 53.2 Å². The second-order valence-corrected chi connectivity index (χ2v) is 7.87. The van der Waals surface area contributed by atoms with Crippen LogP contribution in [0.5, 0.6) is 5.75 Å². The molecule has 25 heavy (non-hydrogen) atoms. The lowest BCUT2D eigenvalue weighted by Gasteiger charge is -2.20. The summed E-state index contributed by atoms with van der Waals surface area (Å²) in [5, 5.41) is 4.19. The van der Waals surface area contributed by atoms with Crippen molar-refractivity contribution in [3.8, 4) is 5.75 Å². The highest BCUT2D eigenvalue weighted by Gasteiger charge is 2.28. The summed E-state index contributed by atoms with van der Waals surface area (Å²) >= 11 is 1.08. The summed E-state index contributed by atoms with van der Waals surface area (Å²) in [6.45, 7) is 6.20. The summed E-state index contributed by atoms with van der Waals surface area (Å²) in [7, 11) is -2.41. The van der Waals surface area contributed by atoms with Crippen LogP contribution in [0.1, 0.15) is 16.6 Å². The van der Waals surface area contributed by atoms with Gasteiger partial charge in [0.1, 0.15) is 15.5 Å². The van der Waals surface area contributed by atoms with Gasteiger partial charge in [-0.15, -0.1) is 17.9 Å². The number of nitrogens with one attached hydrogen (secondary N) is 1. The van der Waals surface area contributed by atoms with Gasteiger partial charge in [-0.05, 0) is 42.6 Å². The highest BCUT2D eigenvalue weighted by Crippen LogP contribution is 2.28. The van der Waals surface area contributed by atoms with Crippen molar-refractivity contribution in [2.45, 2.75) is 11.8 Å². The molecule has 0 aliphatic heterocycles. The molecule has 0 atom stereocenters. The molecule has 0 aliphatic carbocycles. The summed E-state index contributed by atoms with van der Waals surface area (Å²) in [6, 6.07) is 8.17. The van der Waals surface area contributed by atoms with Gasteiger partial charge in [-0.2, -0.15) is 0 Å². The monoisotopic (exact) mass is 380 g/mol. The SMILES string of the molecule is C=CCNC(=O)c1sccc1S(=O)(=O)N(C)c1ccc(OCC)cc1. The lowest BCUT2D eigenvalue weighted by Crippen LogP contribution is -2.29. The van der Waals surface area contributed by atoms with Crippen molar-refractivity contribution in [2.75, 3.05) is 24.5 Å². The fourth-order valence-corrected chi connectivity index (χ4v) is 4.63. The van der Waals surface area contributed by atoms with E-state index in [0.717, 1.165) is 15.6 Å². The first-order valence-corrected chi connectivity index (χ1v) is 9.92. The number of carbonyl (C=O) groups excluding carboxylic acids is 1. The molecule has 134 valence electrons. The topological polar surface area (TPSA) is 75.7 Å². The summed E-state index contributed by atoms with van der Waals surface area (Å²) in [5.41, 5.74) is 0.479. The molecule has 0 bridgehead atoms. The van der Waals surface area contributed by atoms with Crippen molar-refractivity contribution >= 4 is 33.0 Å². The summed E-state index contributed by atoms with van der Waals surface area (Å²) < 4.78 is 32.3. The highest BCUT2D eigenvalue weighted by atomic mass is 32.2. The maximum absolute atomic E-state index is 12.9.